The molecule has 1 fully saturated rings. The number of para-hydroxylation sites is 1. The van der Waals surface area contributed by atoms with Gasteiger partial charge in [-0.1, -0.05) is 47.7 Å². The van der Waals surface area contributed by atoms with E-state index in [0.717, 1.165) is 27.9 Å². The molecule has 3 amide bonds. The Kier molecular flexibility index (Phi) is 8.67. The molecule has 4 aromatic carbocycles. The number of amides is 3. The highest BCUT2D eigenvalue weighted by atomic mass is 16.5. The summed E-state index contributed by atoms with van der Waals surface area (Å²) in [6.45, 7) is 2.41. The Morgan fingerprint density at radius 3 is 2.63 bits per heavy atom. The SMILES string of the molecule is COc1cc2ccc1O[C@H]1CN(C(=O)c3cn(-c4ccccc4)nn3)C[C@@H]1NC(=O)c1ccc(C)c(c1)-c1cccc(c1)OCC(=O)NC2. The summed E-state index contributed by atoms with van der Waals surface area (Å²) in [5, 5.41) is 14.3. The van der Waals surface area contributed by atoms with Gasteiger partial charge in [0.05, 0.1) is 31.6 Å². The number of hydrogen-bond donors (Lipinski definition) is 2. The topological polar surface area (TPSA) is 137 Å². The number of nitrogens with zero attached hydrogens (tertiary/aromatic N) is 4. The van der Waals surface area contributed by atoms with Gasteiger partial charge in [0.1, 0.15) is 11.9 Å². The highest BCUT2D eigenvalue weighted by Gasteiger charge is 2.39. The molecule has 5 aromatic rings. The number of aromatic nitrogens is 3. The van der Waals surface area contributed by atoms with Crippen LogP contribution in [0, 0.1) is 6.92 Å². The van der Waals surface area contributed by atoms with Crippen molar-refractivity contribution >= 4 is 17.7 Å². The van der Waals surface area contributed by atoms with Crippen molar-refractivity contribution in [2.45, 2.75) is 25.6 Å². The maximum absolute atomic E-state index is 13.8. The van der Waals surface area contributed by atoms with Gasteiger partial charge < -0.3 is 29.7 Å². The molecule has 2 N–H and O–H groups in total. The van der Waals surface area contributed by atoms with Crippen molar-refractivity contribution in [3.05, 3.63) is 120 Å². The number of methoxy groups -OCH3 is 1. The van der Waals surface area contributed by atoms with E-state index in [9.17, 15) is 14.4 Å². The molecule has 12 nitrogen and oxygen atoms in total. The molecular weight excluding hydrogens is 624 g/mol. The minimum atomic E-state index is -0.624. The molecule has 0 saturated carbocycles. The minimum absolute atomic E-state index is 0.163. The van der Waals surface area contributed by atoms with E-state index in [1.165, 1.54) is 7.11 Å². The number of carbonyl (C=O) groups is 3. The summed E-state index contributed by atoms with van der Waals surface area (Å²) in [6, 6.07) is 27.1. The zero-order valence-corrected chi connectivity index (χ0v) is 27.0. The standard InChI is InChI=1S/C37H34N6O6/c1-23-11-13-26-17-29(23)25-7-6-10-28(16-25)48-22-35(44)38-18-24-12-14-32(33(15-24)47-2)49-34-21-42(19-30(34)39-36(26)45)37(46)31-20-43(41-40-31)27-8-4-3-5-9-27/h3-17,20,30,34H,18-19,21-22H2,1-2H3,(H,38,44)(H,39,45)/t30-,34-/m0/s1. The molecule has 0 aliphatic carbocycles. The highest BCUT2D eigenvalue weighted by molar-refractivity contribution is 5.96. The monoisotopic (exact) mass is 658 g/mol. The van der Waals surface area contributed by atoms with Crippen molar-refractivity contribution in [1.82, 2.24) is 30.5 Å². The van der Waals surface area contributed by atoms with Crippen LogP contribution in [0.15, 0.2) is 97.2 Å². The number of nitrogens with one attached hydrogen (secondary N) is 2. The zero-order valence-electron chi connectivity index (χ0n) is 27.0. The summed E-state index contributed by atoms with van der Waals surface area (Å²) in [7, 11) is 1.53. The van der Waals surface area contributed by atoms with Crippen LogP contribution in [0.4, 0.5) is 0 Å². The number of fused-ring (bicyclic) bond motifs is 7. The molecular formula is C37H34N6O6. The highest BCUT2D eigenvalue weighted by Crippen LogP contribution is 2.32. The van der Waals surface area contributed by atoms with Gasteiger partial charge in [-0.25, -0.2) is 4.68 Å². The molecule has 12 heteroatoms. The van der Waals surface area contributed by atoms with Crippen LogP contribution < -0.4 is 24.8 Å². The second-order valence-electron chi connectivity index (χ2n) is 11.9. The maximum atomic E-state index is 13.8. The van der Waals surface area contributed by atoms with Crippen LogP contribution in [0.5, 0.6) is 17.2 Å². The van der Waals surface area contributed by atoms with Gasteiger partial charge in [-0.2, -0.15) is 0 Å². The number of likely N-dealkylation sites (tertiary alicyclic amines) is 1. The van der Waals surface area contributed by atoms with Crippen molar-refractivity contribution in [2.75, 3.05) is 26.8 Å². The molecule has 3 aliphatic rings. The number of ether oxygens (including phenoxy) is 3. The Bertz CT molecular complexity index is 2030. The first-order valence-electron chi connectivity index (χ1n) is 15.9. The average molecular weight is 659 g/mol. The number of rotatable bonds is 3. The summed E-state index contributed by atoms with van der Waals surface area (Å²) < 4.78 is 19.5. The van der Waals surface area contributed by atoms with Crippen molar-refractivity contribution < 1.29 is 28.6 Å². The maximum Gasteiger partial charge on any atom is 0.276 e. The molecule has 2 atom stereocenters. The molecule has 0 unspecified atom stereocenters. The van der Waals surface area contributed by atoms with Gasteiger partial charge in [-0.3, -0.25) is 14.4 Å². The lowest BCUT2D eigenvalue weighted by Crippen LogP contribution is -2.45. The molecule has 1 saturated heterocycles. The molecule has 0 radical (unpaired) electrons. The normalized spacial score (nSPS) is 17.6. The predicted octanol–water partition coefficient (Wildman–Crippen LogP) is 3.96. The number of aryl methyl sites for hydroxylation is 1. The quantitative estimate of drug-likeness (QED) is 0.297. The lowest BCUT2D eigenvalue weighted by atomic mass is 9.97. The lowest BCUT2D eigenvalue weighted by Gasteiger charge is -2.23. The Morgan fingerprint density at radius 2 is 1.80 bits per heavy atom. The van der Waals surface area contributed by atoms with Crippen LogP contribution >= 0.6 is 0 Å². The van der Waals surface area contributed by atoms with Crippen molar-refractivity contribution in [1.29, 1.82) is 0 Å². The fraction of sp³-hybridized carbons (Fsp3) is 0.216. The first-order chi connectivity index (χ1) is 23.8. The van der Waals surface area contributed by atoms with Gasteiger partial charge in [-0.15, -0.1) is 5.10 Å². The van der Waals surface area contributed by atoms with Crippen LogP contribution in [-0.4, -0.2) is 76.6 Å². The van der Waals surface area contributed by atoms with Crippen LogP contribution in [-0.2, 0) is 11.3 Å². The van der Waals surface area contributed by atoms with Crippen LogP contribution in [0.1, 0.15) is 32.0 Å². The fourth-order valence-electron chi connectivity index (χ4n) is 5.99. The zero-order chi connectivity index (χ0) is 33.9. The Balaban J connectivity index is 1.21. The second-order valence-corrected chi connectivity index (χ2v) is 11.9. The molecule has 8 rings (SSSR count). The van der Waals surface area contributed by atoms with E-state index in [4.69, 9.17) is 14.2 Å². The minimum Gasteiger partial charge on any atom is -0.493 e. The molecule has 49 heavy (non-hydrogen) atoms. The third-order valence-corrected chi connectivity index (χ3v) is 8.61. The second kappa shape index (κ2) is 13.5. The van der Waals surface area contributed by atoms with E-state index in [0.29, 0.717) is 22.8 Å². The van der Waals surface area contributed by atoms with Crippen molar-refractivity contribution in [3.8, 4) is 34.1 Å². The van der Waals surface area contributed by atoms with E-state index in [2.05, 4.69) is 20.9 Å². The van der Waals surface area contributed by atoms with Gasteiger partial charge in [0.25, 0.3) is 17.7 Å². The van der Waals surface area contributed by atoms with Crippen LogP contribution in [0.3, 0.4) is 0 Å². The summed E-state index contributed by atoms with van der Waals surface area (Å²) in [5.41, 5.74) is 4.83. The van der Waals surface area contributed by atoms with E-state index in [-0.39, 0.29) is 49.7 Å². The van der Waals surface area contributed by atoms with Crippen molar-refractivity contribution in [3.63, 3.8) is 0 Å². The number of carbonyl (C=O) groups excluding carboxylic acids is 3. The van der Waals surface area contributed by atoms with Gasteiger partial charge in [0, 0.05) is 18.7 Å². The number of hydrogen-bond acceptors (Lipinski definition) is 8. The summed E-state index contributed by atoms with van der Waals surface area (Å²) in [6.07, 6.45) is 0.964. The fourth-order valence-corrected chi connectivity index (χ4v) is 5.99. The molecule has 1 aromatic heterocycles. The molecule has 0 spiro atoms. The van der Waals surface area contributed by atoms with Gasteiger partial charge in [0.15, 0.2) is 23.8 Å². The van der Waals surface area contributed by atoms with E-state index >= 15 is 0 Å². The summed E-state index contributed by atoms with van der Waals surface area (Å²) >= 11 is 0. The predicted molar refractivity (Wildman–Crippen MR) is 180 cm³/mol. The van der Waals surface area contributed by atoms with Crippen LogP contribution in [0.25, 0.3) is 16.8 Å². The third kappa shape index (κ3) is 6.79. The lowest BCUT2D eigenvalue weighted by molar-refractivity contribution is -0.123. The average Bonchev–Trinajstić information content (AvgIpc) is 3.78. The van der Waals surface area contributed by atoms with E-state index in [1.54, 1.807) is 40.0 Å². The smallest absolute Gasteiger partial charge is 0.276 e. The Hall–Kier alpha value is -6.17. The van der Waals surface area contributed by atoms with Gasteiger partial charge >= 0.3 is 0 Å². The van der Waals surface area contributed by atoms with Crippen LogP contribution in [0.2, 0.25) is 0 Å². The molecule has 3 aliphatic heterocycles. The van der Waals surface area contributed by atoms with E-state index in [1.807, 2.05) is 73.7 Å². The third-order valence-electron chi connectivity index (χ3n) is 8.61. The molecule has 4 heterocycles. The van der Waals surface area contributed by atoms with Gasteiger partial charge in [-0.05, 0) is 77.7 Å². The molecule has 6 bridgehead atoms. The first kappa shape index (κ1) is 31.4. The van der Waals surface area contributed by atoms with E-state index < -0.39 is 12.1 Å². The van der Waals surface area contributed by atoms with Gasteiger partial charge in [0.2, 0.25) is 0 Å². The van der Waals surface area contributed by atoms with Crippen molar-refractivity contribution in [2.24, 2.45) is 0 Å². The Labute approximate surface area is 282 Å². The summed E-state index contributed by atoms with van der Waals surface area (Å²) in [5.74, 6) is 0.469. The number of benzene rings is 4. The largest absolute Gasteiger partial charge is 0.493 e. The first-order valence-corrected chi connectivity index (χ1v) is 15.9. The Morgan fingerprint density at radius 1 is 0.939 bits per heavy atom. The summed E-state index contributed by atoms with van der Waals surface area (Å²) in [4.78, 5) is 41.8. The molecule has 248 valence electrons.